The van der Waals surface area contributed by atoms with E-state index in [2.05, 4.69) is 10.6 Å². The molecule has 1 fully saturated rings. The first-order valence-electron chi connectivity index (χ1n) is 5.43. The lowest BCUT2D eigenvalue weighted by Crippen LogP contribution is -2.55. The Morgan fingerprint density at radius 3 is 2.94 bits per heavy atom. The van der Waals surface area contributed by atoms with Gasteiger partial charge in [-0.2, -0.15) is 11.8 Å². The molecular formula is C10H17N3O3S. The molecule has 6 nitrogen and oxygen atoms in total. The normalized spacial score (nSPS) is 21.9. The number of nitrogens with one attached hydrogen (secondary N) is 2. The van der Waals surface area contributed by atoms with Crippen LogP contribution >= 0.6 is 11.8 Å². The van der Waals surface area contributed by atoms with Crippen molar-refractivity contribution >= 4 is 29.5 Å². The van der Waals surface area contributed by atoms with Crippen molar-refractivity contribution in [1.82, 2.24) is 10.6 Å². The Hall–Kier alpha value is -1.08. The Morgan fingerprint density at radius 2 is 2.35 bits per heavy atom. The van der Waals surface area contributed by atoms with Crippen molar-refractivity contribution in [3.63, 3.8) is 0 Å². The van der Waals surface area contributed by atoms with Crippen molar-refractivity contribution in [1.29, 1.82) is 0 Å². The second-order valence-electron chi connectivity index (χ2n) is 3.90. The quantitative estimate of drug-likeness (QED) is 0.549. The van der Waals surface area contributed by atoms with Crippen molar-refractivity contribution in [3.8, 4) is 0 Å². The smallest absolute Gasteiger partial charge is 0.249 e. The zero-order valence-electron chi connectivity index (χ0n) is 9.69. The van der Waals surface area contributed by atoms with Crippen LogP contribution in [0.15, 0.2) is 0 Å². The van der Waals surface area contributed by atoms with Gasteiger partial charge in [-0.05, 0) is 24.9 Å². The second kappa shape index (κ2) is 6.61. The first kappa shape index (κ1) is 14.0. The van der Waals surface area contributed by atoms with Gasteiger partial charge in [-0.1, -0.05) is 0 Å². The third-order valence-corrected chi connectivity index (χ3v) is 3.17. The van der Waals surface area contributed by atoms with Crippen LogP contribution in [0.4, 0.5) is 0 Å². The molecule has 0 unspecified atom stereocenters. The van der Waals surface area contributed by atoms with E-state index in [1.165, 1.54) is 0 Å². The molecule has 0 aromatic heterocycles. The van der Waals surface area contributed by atoms with Crippen molar-refractivity contribution in [2.24, 2.45) is 5.73 Å². The first-order valence-corrected chi connectivity index (χ1v) is 6.82. The molecular weight excluding hydrogens is 242 g/mol. The van der Waals surface area contributed by atoms with Crippen LogP contribution < -0.4 is 16.4 Å². The molecule has 0 spiro atoms. The number of amides is 3. The van der Waals surface area contributed by atoms with E-state index in [-0.39, 0.29) is 18.2 Å². The highest BCUT2D eigenvalue weighted by molar-refractivity contribution is 7.98. The van der Waals surface area contributed by atoms with Crippen LogP contribution in [-0.4, -0.2) is 41.8 Å². The molecule has 4 N–H and O–H groups in total. The van der Waals surface area contributed by atoms with Gasteiger partial charge in [0.25, 0.3) is 0 Å². The number of carbonyl (C=O) groups is 3. The Balaban J connectivity index is 2.40. The maximum Gasteiger partial charge on any atom is 0.249 e. The molecule has 0 saturated carbocycles. The average Bonchev–Trinajstić information content (AvgIpc) is 2.29. The average molecular weight is 259 g/mol. The van der Waals surface area contributed by atoms with E-state index in [0.29, 0.717) is 12.8 Å². The van der Waals surface area contributed by atoms with Gasteiger partial charge in [0.15, 0.2) is 0 Å². The van der Waals surface area contributed by atoms with Gasteiger partial charge in [0.1, 0.15) is 6.04 Å². The first-order chi connectivity index (χ1) is 8.04. The van der Waals surface area contributed by atoms with E-state index in [0.717, 1.165) is 5.75 Å². The Morgan fingerprint density at radius 1 is 1.65 bits per heavy atom. The summed E-state index contributed by atoms with van der Waals surface area (Å²) in [5.41, 5.74) is 5.67. The van der Waals surface area contributed by atoms with Crippen molar-refractivity contribution in [2.75, 3.05) is 12.0 Å². The highest BCUT2D eigenvalue weighted by Gasteiger charge is 2.28. The van der Waals surface area contributed by atoms with E-state index in [4.69, 9.17) is 5.73 Å². The van der Waals surface area contributed by atoms with Crippen LogP contribution in [0.5, 0.6) is 0 Å². The second-order valence-corrected chi connectivity index (χ2v) is 4.89. The molecule has 0 radical (unpaired) electrons. The Kier molecular flexibility index (Phi) is 5.43. The molecule has 3 amide bonds. The van der Waals surface area contributed by atoms with Crippen LogP contribution in [-0.2, 0) is 14.4 Å². The fraction of sp³-hybridized carbons (Fsp3) is 0.700. The summed E-state index contributed by atoms with van der Waals surface area (Å²) in [5, 5.41) is 4.74. The summed E-state index contributed by atoms with van der Waals surface area (Å²) in [6, 6.07) is -1.24. The monoisotopic (exact) mass is 259 g/mol. The molecule has 0 aromatic rings. The number of carbonyl (C=O) groups excluding carboxylic acids is 3. The van der Waals surface area contributed by atoms with Crippen LogP contribution in [0.25, 0.3) is 0 Å². The van der Waals surface area contributed by atoms with Gasteiger partial charge < -0.3 is 11.1 Å². The van der Waals surface area contributed by atoms with Gasteiger partial charge in [-0.25, -0.2) is 0 Å². The number of nitrogens with two attached hydrogens (primary N) is 1. The predicted octanol–water partition coefficient (Wildman–Crippen LogP) is -1.01. The fourth-order valence-electron chi connectivity index (χ4n) is 1.49. The number of piperidine rings is 1. The zero-order valence-corrected chi connectivity index (χ0v) is 10.5. The van der Waals surface area contributed by atoms with Crippen molar-refractivity contribution in [3.05, 3.63) is 0 Å². The molecule has 0 aliphatic carbocycles. The summed E-state index contributed by atoms with van der Waals surface area (Å²) in [4.78, 5) is 33.9. The number of imide groups is 1. The van der Waals surface area contributed by atoms with Gasteiger partial charge in [-0.15, -0.1) is 0 Å². The molecule has 0 bridgehead atoms. The van der Waals surface area contributed by atoms with Gasteiger partial charge in [0.05, 0.1) is 6.04 Å². The number of thioether (sulfide) groups is 1. The lowest BCUT2D eigenvalue weighted by Gasteiger charge is -2.23. The van der Waals surface area contributed by atoms with E-state index < -0.39 is 18.0 Å². The third-order valence-electron chi connectivity index (χ3n) is 2.53. The largest absolute Gasteiger partial charge is 0.343 e. The highest BCUT2D eigenvalue weighted by atomic mass is 32.2. The molecule has 1 aliphatic heterocycles. The van der Waals surface area contributed by atoms with E-state index in [9.17, 15) is 14.4 Å². The zero-order chi connectivity index (χ0) is 12.8. The van der Waals surface area contributed by atoms with E-state index in [1.54, 1.807) is 11.8 Å². The molecule has 1 saturated heterocycles. The summed E-state index contributed by atoms with van der Waals surface area (Å²) in [5.74, 6) is -0.295. The summed E-state index contributed by atoms with van der Waals surface area (Å²) in [6.07, 6.45) is 3.09. The van der Waals surface area contributed by atoms with Gasteiger partial charge in [0.2, 0.25) is 17.7 Å². The predicted molar refractivity (Wildman–Crippen MR) is 65.3 cm³/mol. The molecule has 1 heterocycles. The minimum atomic E-state index is -0.638. The van der Waals surface area contributed by atoms with Crippen LogP contribution in [0.2, 0.25) is 0 Å². The van der Waals surface area contributed by atoms with Gasteiger partial charge in [0, 0.05) is 6.42 Å². The lowest BCUT2D eigenvalue weighted by atomic mass is 10.1. The van der Waals surface area contributed by atoms with Crippen molar-refractivity contribution in [2.45, 2.75) is 31.3 Å². The van der Waals surface area contributed by atoms with Gasteiger partial charge in [-0.3, -0.25) is 19.7 Å². The minimum absolute atomic E-state index is 0.247. The van der Waals surface area contributed by atoms with Crippen LogP contribution in [0.3, 0.4) is 0 Å². The van der Waals surface area contributed by atoms with Gasteiger partial charge >= 0.3 is 0 Å². The minimum Gasteiger partial charge on any atom is -0.343 e. The van der Waals surface area contributed by atoms with E-state index in [1.807, 2.05) is 6.26 Å². The number of hydrogen-bond donors (Lipinski definition) is 3. The number of rotatable bonds is 5. The SMILES string of the molecule is CSCC[C@H](N)C(=O)N[C@H]1CCC(=O)NC1=O. The molecule has 1 rings (SSSR count). The highest BCUT2D eigenvalue weighted by Crippen LogP contribution is 2.05. The summed E-state index contributed by atoms with van der Waals surface area (Å²) in [7, 11) is 0. The standard InChI is InChI=1S/C10H17N3O3S/c1-17-5-4-6(11)9(15)12-7-2-3-8(14)13-10(7)16/h6-7H,2-5,11H2,1H3,(H,12,15)(H,13,14,16)/t6-,7-/m0/s1. The third kappa shape index (κ3) is 4.35. The van der Waals surface area contributed by atoms with Crippen LogP contribution in [0, 0.1) is 0 Å². The lowest BCUT2D eigenvalue weighted by molar-refractivity contribution is -0.137. The molecule has 0 aromatic carbocycles. The summed E-state index contributed by atoms with van der Waals surface area (Å²) >= 11 is 1.61. The summed E-state index contributed by atoms with van der Waals surface area (Å²) in [6.45, 7) is 0. The Labute approximate surface area is 104 Å². The molecule has 96 valence electrons. The topological polar surface area (TPSA) is 101 Å². The maximum absolute atomic E-state index is 11.6. The summed E-state index contributed by atoms with van der Waals surface area (Å²) < 4.78 is 0. The molecule has 1 aliphatic rings. The molecule has 7 heteroatoms. The molecule has 2 atom stereocenters. The van der Waals surface area contributed by atoms with Crippen molar-refractivity contribution < 1.29 is 14.4 Å². The number of hydrogen-bond acceptors (Lipinski definition) is 5. The molecule has 17 heavy (non-hydrogen) atoms. The van der Waals surface area contributed by atoms with E-state index >= 15 is 0 Å². The fourth-order valence-corrected chi connectivity index (χ4v) is 1.98. The maximum atomic E-state index is 11.6. The Bertz CT molecular complexity index is 322. The van der Waals surface area contributed by atoms with Crippen LogP contribution in [0.1, 0.15) is 19.3 Å².